The van der Waals surface area contributed by atoms with Crippen molar-refractivity contribution in [1.82, 2.24) is 15.1 Å². The van der Waals surface area contributed by atoms with Gasteiger partial charge in [0.25, 0.3) is 0 Å². The normalized spacial score (nSPS) is 12.7. The summed E-state index contributed by atoms with van der Waals surface area (Å²) in [6.45, 7) is 1.64. The molecule has 9 heteroatoms. The zero-order chi connectivity index (χ0) is 17.7. The van der Waals surface area contributed by atoms with Gasteiger partial charge in [-0.2, -0.15) is 18.3 Å². The third-order valence-electron chi connectivity index (χ3n) is 3.35. The highest BCUT2D eigenvalue weighted by Gasteiger charge is 2.35. The standard InChI is InChI=1S/C15H17F3N4O2/c1-2-10(9-23)20-14(24)21-11-3-5-12(6-4-11)22-13(7-8-19-22)15(16,17)18/h3-8,10,23H,2,9H2,1H3,(H2,20,21,24). The molecule has 0 saturated heterocycles. The molecule has 1 aromatic carbocycles. The highest BCUT2D eigenvalue weighted by molar-refractivity contribution is 5.89. The fourth-order valence-electron chi connectivity index (χ4n) is 2.04. The van der Waals surface area contributed by atoms with Gasteiger partial charge in [-0.3, -0.25) is 0 Å². The van der Waals surface area contributed by atoms with Gasteiger partial charge in [-0.1, -0.05) is 6.92 Å². The number of nitrogens with one attached hydrogen (secondary N) is 2. The number of hydrogen-bond donors (Lipinski definition) is 3. The zero-order valence-corrected chi connectivity index (χ0v) is 12.8. The van der Waals surface area contributed by atoms with Gasteiger partial charge >= 0.3 is 12.2 Å². The summed E-state index contributed by atoms with van der Waals surface area (Å²) in [6, 6.07) is 5.80. The van der Waals surface area contributed by atoms with E-state index in [9.17, 15) is 18.0 Å². The number of aliphatic hydroxyl groups excluding tert-OH is 1. The number of urea groups is 1. The minimum atomic E-state index is -4.51. The van der Waals surface area contributed by atoms with Crippen molar-refractivity contribution in [3.63, 3.8) is 0 Å². The quantitative estimate of drug-likeness (QED) is 0.782. The van der Waals surface area contributed by atoms with Crippen molar-refractivity contribution in [1.29, 1.82) is 0 Å². The largest absolute Gasteiger partial charge is 0.433 e. The van der Waals surface area contributed by atoms with E-state index in [-0.39, 0.29) is 18.3 Å². The molecular formula is C15H17F3N4O2. The highest BCUT2D eigenvalue weighted by Crippen LogP contribution is 2.30. The average molecular weight is 342 g/mol. The molecule has 2 rings (SSSR count). The first-order valence-electron chi connectivity index (χ1n) is 7.25. The van der Waals surface area contributed by atoms with Crippen LogP contribution < -0.4 is 10.6 Å². The van der Waals surface area contributed by atoms with Gasteiger partial charge in [0.15, 0.2) is 0 Å². The molecule has 0 aliphatic heterocycles. The number of aliphatic hydroxyl groups is 1. The molecule has 2 aromatic rings. The van der Waals surface area contributed by atoms with Gasteiger partial charge in [0, 0.05) is 5.69 Å². The van der Waals surface area contributed by atoms with Gasteiger partial charge in [-0.05, 0) is 36.8 Å². The monoisotopic (exact) mass is 342 g/mol. The van der Waals surface area contributed by atoms with Crippen LogP contribution >= 0.6 is 0 Å². The lowest BCUT2D eigenvalue weighted by atomic mass is 10.2. The number of nitrogens with zero attached hydrogens (tertiary/aromatic N) is 2. The molecule has 0 aliphatic carbocycles. The fourth-order valence-corrected chi connectivity index (χ4v) is 2.04. The van der Waals surface area contributed by atoms with E-state index < -0.39 is 17.9 Å². The predicted molar refractivity (Wildman–Crippen MR) is 81.9 cm³/mol. The fraction of sp³-hybridized carbons (Fsp3) is 0.333. The van der Waals surface area contributed by atoms with Crippen LogP contribution in [0.25, 0.3) is 5.69 Å². The highest BCUT2D eigenvalue weighted by atomic mass is 19.4. The second-order valence-corrected chi connectivity index (χ2v) is 5.06. The summed E-state index contributed by atoms with van der Waals surface area (Å²) in [6.07, 6.45) is -2.86. The van der Waals surface area contributed by atoms with Crippen molar-refractivity contribution in [3.05, 3.63) is 42.2 Å². The lowest BCUT2D eigenvalue weighted by Crippen LogP contribution is -2.39. The van der Waals surface area contributed by atoms with Crippen LogP contribution in [-0.2, 0) is 6.18 Å². The van der Waals surface area contributed by atoms with Crippen LogP contribution in [0.1, 0.15) is 19.0 Å². The summed E-state index contributed by atoms with van der Waals surface area (Å²) in [5, 5.41) is 17.8. The van der Waals surface area contributed by atoms with E-state index in [0.29, 0.717) is 12.1 Å². The van der Waals surface area contributed by atoms with Crippen molar-refractivity contribution < 1.29 is 23.1 Å². The van der Waals surface area contributed by atoms with E-state index in [0.717, 1.165) is 16.9 Å². The summed E-state index contributed by atoms with van der Waals surface area (Å²) in [7, 11) is 0. The minimum absolute atomic E-state index is 0.178. The molecule has 0 radical (unpaired) electrons. The van der Waals surface area contributed by atoms with Crippen LogP contribution in [0, 0.1) is 0 Å². The van der Waals surface area contributed by atoms with E-state index >= 15 is 0 Å². The number of carbonyl (C=O) groups excluding carboxylic acids is 1. The molecule has 1 unspecified atom stereocenters. The Balaban J connectivity index is 2.09. The number of halogens is 3. The topological polar surface area (TPSA) is 79.2 Å². The van der Waals surface area contributed by atoms with Gasteiger partial charge in [0.05, 0.1) is 24.5 Å². The van der Waals surface area contributed by atoms with Crippen LogP contribution in [0.15, 0.2) is 36.5 Å². The molecule has 2 amide bonds. The summed E-state index contributed by atoms with van der Waals surface area (Å²) >= 11 is 0. The Bertz CT molecular complexity index is 679. The Kier molecular flexibility index (Phi) is 5.45. The predicted octanol–water partition coefficient (Wildman–Crippen LogP) is 2.78. The third kappa shape index (κ3) is 4.25. The van der Waals surface area contributed by atoms with E-state index in [1.54, 1.807) is 0 Å². The second-order valence-electron chi connectivity index (χ2n) is 5.06. The molecule has 24 heavy (non-hydrogen) atoms. The first-order chi connectivity index (χ1) is 11.3. The molecule has 0 fully saturated rings. The molecule has 1 atom stereocenters. The van der Waals surface area contributed by atoms with E-state index in [1.165, 1.54) is 24.3 Å². The summed E-state index contributed by atoms with van der Waals surface area (Å²) in [5.41, 5.74) is -0.250. The summed E-state index contributed by atoms with van der Waals surface area (Å²) in [4.78, 5) is 11.7. The second kappa shape index (κ2) is 7.35. The van der Waals surface area contributed by atoms with Crippen molar-refractivity contribution in [2.24, 2.45) is 0 Å². The number of hydrogen-bond acceptors (Lipinski definition) is 3. The molecule has 0 aliphatic rings. The number of aromatic nitrogens is 2. The number of benzene rings is 1. The van der Waals surface area contributed by atoms with Gasteiger partial charge in [0.1, 0.15) is 5.69 Å². The SMILES string of the molecule is CCC(CO)NC(=O)Nc1ccc(-n2nccc2C(F)(F)F)cc1. The number of amides is 2. The van der Waals surface area contributed by atoms with E-state index in [4.69, 9.17) is 5.11 Å². The maximum absolute atomic E-state index is 12.9. The Morgan fingerprint density at radius 3 is 2.50 bits per heavy atom. The van der Waals surface area contributed by atoms with Crippen LogP contribution in [0.4, 0.5) is 23.7 Å². The number of anilines is 1. The number of carbonyl (C=O) groups is 1. The molecule has 0 bridgehead atoms. The van der Waals surface area contributed by atoms with Crippen molar-refractivity contribution in [2.75, 3.05) is 11.9 Å². The molecular weight excluding hydrogens is 325 g/mol. The maximum Gasteiger partial charge on any atom is 0.433 e. The van der Waals surface area contributed by atoms with Gasteiger partial charge in [-0.15, -0.1) is 0 Å². The lowest BCUT2D eigenvalue weighted by molar-refractivity contribution is -0.142. The molecule has 6 nitrogen and oxygen atoms in total. The van der Waals surface area contributed by atoms with Gasteiger partial charge in [-0.25, -0.2) is 9.48 Å². The van der Waals surface area contributed by atoms with Crippen molar-refractivity contribution in [2.45, 2.75) is 25.6 Å². The van der Waals surface area contributed by atoms with Gasteiger partial charge < -0.3 is 15.7 Å². The Morgan fingerprint density at radius 1 is 1.29 bits per heavy atom. The van der Waals surface area contributed by atoms with Crippen LogP contribution in [-0.4, -0.2) is 33.6 Å². The number of alkyl halides is 3. The van der Waals surface area contributed by atoms with Crippen LogP contribution in [0.3, 0.4) is 0 Å². The summed E-state index contributed by atoms with van der Waals surface area (Å²) in [5.74, 6) is 0. The van der Waals surface area contributed by atoms with Crippen LogP contribution in [0.2, 0.25) is 0 Å². The van der Waals surface area contributed by atoms with Crippen LogP contribution in [0.5, 0.6) is 0 Å². The van der Waals surface area contributed by atoms with E-state index in [2.05, 4.69) is 15.7 Å². The van der Waals surface area contributed by atoms with Gasteiger partial charge in [0.2, 0.25) is 0 Å². The Hall–Kier alpha value is -2.55. The first-order valence-corrected chi connectivity index (χ1v) is 7.25. The maximum atomic E-state index is 12.9. The first kappa shape index (κ1) is 17.8. The molecule has 1 aromatic heterocycles. The summed E-state index contributed by atoms with van der Waals surface area (Å²) < 4.78 is 39.4. The third-order valence-corrected chi connectivity index (χ3v) is 3.35. The van der Waals surface area contributed by atoms with E-state index in [1.807, 2.05) is 6.92 Å². The molecule has 1 heterocycles. The van der Waals surface area contributed by atoms with Crippen molar-refractivity contribution in [3.8, 4) is 5.69 Å². The Morgan fingerprint density at radius 2 is 1.96 bits per heavy atom. The molecule has 0 saturated carbocycles. The zero-order valence-electron chi connectivity index (χ0n) is 12.8. The minimum Gasteiger partial charge on any atom is -0.394 e. The molecule has 130 valence electrons. The smallest absolute Gasteiger partial charge is 0.394 e. The lowest BCUT2D eigenvalue weighted by Gasteiger charge is -2.15. The average Bonchev–Trinajstić information content (AvgIpc) is 3.03. The molecule has 0 spiro atoms. The molecule has 3 N–H and O–H groups in total. The Labute approximate surface area is 136 Å². The van der Waals surface area contributed by atoms with Crippen molar-refractivity contribution >= 4 is 11.7 Å². The number of rotatable bonds is 5.